The molecule has 2 unspecified atom stereocenters. The number of aromatic nitrogens is 1. The van der Waals surface area contributed by atoms with Gasteiger partial charge in [-0.25, -0.2) is 14.2 Å². The maximum atomic E-state index is 13.8. The molecule has 1 fully saturated rings. The molecule has 1 N–H and O–H groups in total. The molecule has 2 atom stereocenters. The number of carboxylic acid groups (broad SMARTS) is 1. The van der Waals surface area contributed by atoms with Gasteiger partial charge in [-0.15, -0.1) is 11.3 Å². The number of thiazole rings is 1. The van der Waals surface area contributed by atoms with E-state index in [0.29, 0.717) is 51.5 Å². The van der Waals surface area contributed by atoms with Crippen LogP contribution < -0.4 is 0 Å². The lowest BCUT2D eigenvalue weighted by atomic mass is 9.88. The Labute approximate surface area is 208 Å². The van der Waals surface area contributed by atoms with Gasteiger partial charge < -0.3 is 14.6 Å². The number of carbonyl (C=O) groups excluding carboxylic acids is 1. The Morgan fingerprint density at radius 2 is 2.24 bits per heavy atom. The van der Waals surface area contributed by atoms with Gasteiger partial charge in [-0.3, -0.25) is 14.7 Å². The van der Waals surface area contributed by atoms with Crippen molar-refractivity contribution in [2.45, 2.75) is 25.4 Å². The number of carboxylic acids is 1. The minimum atomic E-state index is -0.986. The second-order valence-corrected chi connectivity index (χ2v) is 9.54. The molecule has 1 saturated heterocycles. The number of carbonyl (C=O) groups is 2. The summed E-state index contributed by atoms with van der Waals surface area (Å²) in [6.07, 6.45) is 2.00. The largest absolute Gasteiger partial charge is 0.480 e. The molecule has 0 spiro atoms. The van der Waals surface area contributed by atoms with Crippen LogP contribution in [-0.2, 0) is 19.1 Å². The van der Waals surface area contributed by atoms with Crippen LogP contribution in [0.5, 0.6) is 0 Å². The van der Waals surface area contributed by atoms with E-state index in [2.05, 4.69) is 20.9 Å². The van der Waals surface area contributed by atoms with Gasteiger partial charge in [0.1, 0.15) is 22.9 Å². The number of benzene rings is 1. The Bertz CT molecular complexity index is 1140. The first kappa shape index (κ1) is 24.6. The van der Waals surface area contributed by atoms with Gasteiger partial charge in [0.2, 0.25) is 0 Å². The lowest BCUT2D eigenvalue weighted by molar-refractivity contribution is -0.149. The first-order chi connectivity index (χ1) is 16.4. The van der Waals surface area contributed by atoms with Crippen LogP contribution in [0.2, 0.25) is 0 Å². The number of dihydropyridines is 1. The highest BCUT2D eigenvalue weighted by Crippen LogP contribution is 2.39. The molecular formula is C23H23BrFN3O5S. The van der Waals surface area contributed by atoms with E-state index >= 15 is 0 Å². The standard InChI is InChI=1S/C23H23BrFN3O5S/c1-2-33-23(31)19-13(11-28-6-7-32-12-18(28)22(29)30)9-17(21-26-5-8-34-21)27-20(19)15-4-3-14(25)10-16(15)24/h3-5,8,10,18,20H,2,6-7,9,11-12H2,1H3,(H,29,30). The molecule has 3 heterocycles. The van der Waals surface area contributed by atoms with Crippen LogP contribution in [0.1, 0.15) is 30.0 Å². The molecule has 0 amide bonds. The highest BCUT2D eigenvalue weighted by Gasteiger charge is 2.37. The van der Waals surface area contributed by atoms with Gasteiger partial charge >= 0.3 is 11.9 Å². The summed E-state index contributed by atoms with van der Waals surface area (Å²) in [4.78, 5) is 36.1. The molecule has 0 bridgehead atoms. The Balaban J connectivity index is 1.83. The van der Waals surface area contributed by atoms with E-state index in [9.17, 15) is 19.1 Å². The zero-order valence-corrected chi connectivity index (χ0v) is 20.8. The fourth-order valence-electron chi connectivity index (χ4n) is 4.11. The van der Waals surface area contributed by atoms with Crippen molar-refractivity contribution < 1.29 is 28.6 Å². The van der Waals surface area contributed by atoms with E-state index < -0.39 is 29.8 Å². The van der Waals surface area contributed by atoms with Crippen LogP contribution in [0, 0.1) is 5.82 Å². The van der Waals surface area contributed by atoms with Crippen LogP contribution >= 0.6 is 27.3 Å². The third-order valence-corrected chi connectivity index (χ3v) is 7.18. The third kappa shape index (κ3) is 5.27. The molecule has 11 heteroatoms. The summed E-state index contributed by atoms with van der Waals surface area (Å²) < 4.78 is 25.1. The van der Waals surface area contributed by atoms with Crippen LogP contribution in [0.15, 0.2) is 50.4 Å². The maximum Gasteiger partial charge on any atom is 0.336 e. The van der Waals surface area contributed by atoms with Gasteiger partial charge in [-0.1, -0.05) is 22.0 Å². The number of hydrogen-bond acceptors (Lipinski definition) is 8. The number of morpholine rings is 1. The molecule has 2 aliphatic heterocycles. The van der Waals surface area contributed by atoms with Crippen molar-refractivity contribution in [1.29, 1.82) is 0 Å². The number of aliphatic carboxylic acids is 1. The summed E-state index contributed by atoms with van der Waals surface area (Å²) in [7, 11) is 0. The van der Waals surface area contributed by atoms with Crippen molar-refractivity contribution >= 4 is 44.9 Å². The molecule has 0 radical (unpaired) electrons. The van der Waals surface area contributed by atoms with Gasteiger partial charge in [-0.05, 0) is 30.2 Å². The maximum absolute atomic E-state index is 13.8. The van der Waals surface area contributed by atoms with Crippen molar-refractivity contribution in [3.8, 4) is 0 Å². The average Bonchev–Trinajstić information content (AvgIpc) is 3.34. The number of hydrogen-bond donors (Lipinski definition) is 1. The van der Waals surface area contributed by atoms with Crippen molar-refractivity contribution in [2.75, 3.05) is 32.9 Å². The normalized spacial score (nSPS) is 21.3. The summed E-state index contributed by atoms with van der Waals surface area (Å²) in [6, 6.07) is 2.64. The van der Waals surface area contributed by atoms with Crippen molar-refractivity contribution in [2.24, 2.45) is 4.99 Å². The average molecular weight is 552 g/mol. The van der Waals surface area contributed by atoms with Crippen LogP contribution in [0.4, 0.5) is 4.39 Å². The molecule has 1 aromatic carbocycles. The molecule has 1 aromatic heterocycles. The summed E-state index contributed by atoms with van der Waals surface area (Å²) in [5, 5.41) is 12.2. The molecule has 2 aromatic rings. The smallest absolute Gasteiger partial charge is 0.336 e. The fourth-order valence-corrected chi connectivity index (χ4v) is 5.31. The van der Waals surface area contributed by atoms with Crippen LogP contribution in [0.3, 0.4) is 0 Å². The quantitative estimate of drug-likeness (QED) is 0.524. The first-order valence-electron chi connectivity index (χ1n) is 10.7. The molecule has 34 heavy (non-hydrogen) atoms. The van der Waals surface area contributed by atoms with Crippen molar-refractivity contribution in [1.82, 2.24) is 9.88 Å². The predicted octanol–water partition coefficient (Wildman–Crippen LogP) is 3.62. The second kappa shape index (κ2) is 10.9. The second-order valence-electron chi connectivity index (χ2n) is 7.80. The molecule has 0 aliphatic carbocycles. The van der Waals surface area contributed by atoms with E-state index in [0.717, 1.165) is 0 Å². The van der Waals surface area contributed by atoms with Crippen molar-refractivity contribution in [3.63, 3.8) is 0 Å². The SMILES string of the molecule is CCOC(=O)C1=C(CN2CCOCC2C(=O)O)CC(c2nccs2)=NC1c1ccc(F)cc1Br. The highest BCUT2D eigenvalue weighted by atomic mass is 79.9. The minimum absolute atomic E-state index is 0.0672. The number of esters is 1. The van der Waals surface area contributed by atoms with E-state index in [1.54, 1.807) is 24.1 Å². The Morgan fingerprint density at radius 3 is 2.91 bits per heavy atom. The molecule has 8 nitrogen and oxygen atoms in total. The Kier molecular flexibility index (Phi) is 7.87. The van der Waals surface area contributed by atoms with E-state index in [1.165, 1.54) is 23.5 Å². The summed E-state index contributed by atoms with van der Waals surface area (Å²) in [6.45, 7) is 2.99. The lowest BCUT2D eigenvalue weighted by Gasteiger charge is -2.35. The number of nitrogens with zero attached hydrogens (tertiary/aromatic N) is 3. The summed E-state index contributed by atoms with van der Waals surface area (Å²) >= 11 is 4.84. The molecule has 2 aliphatic rings. The minimum Gasteiger partial charge on any atom is -0.480 e. The van der Waals surface area contributed by atoms with Crippen LogP contribution in [0.25, 0.3) is 0 Å². The lowest BCUT2D eigenvalue weighted by Crippen LogP contribution is -2.51. The van der Waals surface area contributed by atoms with Crippen LogP contribution in [-0.4, -0.2) is 71.6 Å². The molecule has 0 saturated carbocycles. The monoisotopic (exact) mass is 551 g/mol. The zero-order valence-electron chi connectivity index (χ0n) is 18.4. The molecular weight excluding hydrogens is 529 g/mol. The fraction of sp³-hybridized carbons (Fsp3) is 0.391. The zero-order chi connectivity index (χ0) is 24.2. The topological polar surface area (TPSA) is 101 Å². The number of rotatable bonds is 7. The summed E-state index contributed by atoms with van der Waals surface area (Å²) in [5.41, 5.74) is 2.32. The highest BCUT2D eigenvalue weighted by molar-refractivity contribution is 9.10. The predicted molar refractivity (Wildman–Crippen MR) is 128 cm³/mol. The van der Waals surface area contributed by atoms with Gasteiger partial charge in [0.05, 0.1) is 31.1 Å². The Morgan fingerprint density at radius 1 is 1.41 bits per heavy atom. The van der Waals surface area contributed by atoms with E-state index in [1.807, 2.05) is 5.38 Å². The Hall–Kier alpha value is -2.47. The number of halogens is 2. The van der Waals surface area contributed by atoms with E-state index in [-0.39, 0.29) is 19.8 Å². The number of ether oxygens (including phenoxy) is 2. The van der Waals surface area contributed by atoms with Gasteiger partial charge in [-0.2, -0.15) is 0 Å². The molecule has 4 rings (SSSR count). The molecule has 180 valence electrons. The van der Waals surface area contributed by atoms with Crippen molar-refractivity contribution in [3.05, 3.63) is 61.8 Å². The summed E-state index contributed by atoms with van der Waals surface area (Å²) in [5.74, 6) is -1.93. The van der Waals surface area contributed by atoms with E-state index in [4.69, 9.17) is 14.5 Å². The first-order valence-corrected chi connectivity index (χ1v) is 12.4. The van der Waals surface area contributed by atoms with Gasteiger partial charge in [0.15, 0.2) is 0 Å². The van der Waals surface area contributed by atoms with Gasteiger partial charge in [0.25, 0.3) is 0 Å². The number of aliphatic imine (C=N–C) groups is 1. The third-order valence-electron chi connectivity index (χ3n) is 5.67. The van der Waals surface area contributed by atoms with Gasteiger partial charge in [0, 0.05) is 35.6 Å².